The predicted octanol–water partition coefficient (Wildman–Crippen LogP) is 6.50. The first-order valence-corrected chi connectivity index (χ1v) is 15.0. The Morgan fingerprint density at radius 3 is 2.64 bits per heavy atom. The van der Waals surface area contributed by atoms with Gasteiger partial charge in [-0.2, -0.15) is 10.4 Å². The Labute approximate surface area is 270 Å². The highest BCUT2D eigenvalue weighted by Crippen LogP contribution is 2.42. The van der Waals surface area contributed by atoms with E-state index in [1.165, 1.54) is 6.07 Å². The fourth-order valence-corrected chi connectivity index (χ4v) is 5.73. The van der Waals surface area contributed by atoms with E-state index in [4.69, 9.17) is 19.2 Å². The van der Waals surface area contributed by atoms with Crippen molar-refractivity contribution in [1.29, 1.82) is 5.26 Å². The molecule has 1 N–H and O–H groups in total. The molecule has 6 aromatic rings. The molecule has 1 saturated carbocycles. The van der Waals surface area contributed by atoms with Gasteiger partial charge >= 0.3 is 0 Å². The minimum absolute atomic E-state index is 0.00837. The maximum Gasteiger partial charge on any atom is 0.153 e. The lowest BCUT2D eigenvalue weighted by Crippen LogP contribution is -2.06. The molecular weight excluding hydrogens is 597 g/mol. The molecule has 0 spiro atoms. The van der Waals surface area contributed by atoms with Crippen LogP contribution in [0.5, 0.6) is 17.2 Å². The van der Waals surface area contributed by atoms with Gasteiger partial charge in [0.2, 0.25) is 0 Å². The zero-order valence-electron chi connectivity index (χ0n) is 26.3. The number of aromatic nitrogens is 5. The second-order valence-electron chi connectivity index (χ2n) is 11.2. The van der Waals surface area contributed by atoms with Crippen LogP contribution in [0.25, 0.3) is 38.9 Å². The largest absolute Gasteiger partial charge is 0.497 e. The van der Waals surface area contributed by atoms with E-state index in [1.54, 1.807) is 51.6 Å². The number of nitrogens with one attached hydrogen (secondary N) is 1. The molecule has 0 unspecified atom stereocenters. The van der Waals surface area contributed by atoms with E-state index in [1.807, 2.05) is 40.8 Å². The van der Waals surface area contributed by atoms with Crippen LogP contribution >= 0.6 is 0 Å². The van der Waals surface area contributed by atoms with Crippen LogP contribution in [-0.4, -0.2) is 44.5 Å². The molecule has 0 bridgehead atoms. The van der Waals surface area contributed by atoms with E-state index in [0.717, 1.165) is 35.0 Å². The summed E-state index contributed by atoms with van der Waals surface area (Å²) in [6.45, 7) is 2.08. The molecule has 0 atom stereocenters. The summed E-state index contributed by atoms with van der Waals surface area (Å²) in [6, 6.07) is 15.2. The zero-order chi connectivity index (χ0) is 32.7. The van der Waals surface area contributed by atoms with E-state index < -0.39 is 5.82 Å². The highest BCUT2D eigenvalue weighted by Gasteiger charge is 2.30. The average Bonchev–Trinajstić information content (AvgIpc) is 3.61. The summed E-state index contributed by atoms with van der Waals surface area (Å²) in [5.41, 5.74) is 5.44. The summed E-state index contributed by atoms with van der Waals surface area (Å²) in [4.78, 5) is 9.37. The first kappa shape index (κ1) is 29.6. The molecule has 47 heavy (non-hydrogen) atoms. The molecule has 1 fully saturated rings. The van der Waals surface area contributed by atoms with Gasteiger partial charge in [0.15, 0.2) is 5.82 Å². The Bertz CT molecular complexity index is 2290. The molecule has 0 saturated heterocycles. The number of aryl methyl sites for hydroxylation is 1. The molecular formula is C36H30FN7O3. The van der Waals surface area contributed by atoms with Crippen molar-refractivity contribution in [3.05, 3.63) is 83.7 Å². The zero-order valence-corrected chi connectivity index (χ0v) is 26.3. The van der Waals surface area contributed by atoms with E-state index in [9.17, 15) is 5.26 Å². The maximum absolute atomic E-state index is 16.2. The molecule has 0 radical (unpaired) electrons. The van der Waals surface area contributed by atoms with Crippen LogP contribution in [0.4, 0.5) is 10.2 Å². The summed E-state index contributed by atoms with van der Waals surface area (Å²) < 4.78 is 36.8. The second-order valence-corrected chi connectivity index (χ2v) is 11.2. The van der Waals surface area contributed by atoms with Crippen molar-refractivity contribution in [2.45, 2.75) is 32.4 Å². The number of hydrogen-bond acceptors (Lipinski definition) is 8. The molecule has 3 aromatic carbocycles. The van der Waals surface area contributed by atoms with E-state index >= 15 is 4.39 Å². The predicted molar refractivity (Wildman–Crippen MR) is 176 cm³/mol. The quantitative estimate of drug-likeness (QED) is 0.181. The van der Waals surface area contributed by atoms with Crippen LogP contribution < -0.4 is 19.5 Å². The van der Waals surface area contributed by atoms with Gasteiger partial charge in [0, 0.05) is 36.9 Å². The molecule has 234 valence electrons. The first-order chi connectivity index (χ1) is 22.9. The van der Waals surface area contributed by atoms with Crippen molar-refractivity contribution in [1.82, 2.24) is 24.1 Å². The van der Waals surface area contributed by atoms with Crippen LogP contribution in [0, 0.1) is 29.0 Å². The van der Waals surface area contributed by atoms with Crippen LogP contribution in [0.1, 0.15) is 36.5 Å². The summed E-state index contributed by atoms with van der Waals surface area (Å²) in [5.74, 6) is 7.37. The summed E-state index contributed by atoms with van der Waals surface area (Å²) >= 11 is 0. The van der Waals surface area contributed by atoms with Crippen molar-refractivity contribution in [2.75, 3.05) is 19.5 Å². The number of nitrogens with zero attached hydrogens (tertiary/aromatic N) is 6. The maximum atomic E-state index is 16.2. The molecule has 1 aliphatic rings. The van der Waals surface area contributed by atoms with Gasteiger partial charge in [-0.05, 0) is 49.6 Å². The Hall–Kier alpha value is -6.07. The molecule has 1 aliphatic carbocycles. The van der Waals surface area contributed by atoms with E-state index in [2.05, 4.69) is 33.3 Å². The summed E-state index contributed by atoms with van der Waals surface area (Å²) in [5, 5.41) is 18.2. The number of imidazole rings is 1. The van der Waals surface area contributed by atoms with Crippen molar-refractivity contribution in [3.63, 3.8) is 0 Å². The van der Waals surface area contributed by atoms with Crippen LogP contribution in [-0.2, 0) is 13.6 Å². The third kappa shape index (κ3) is 5.32. The molecule has 11 heteroatoms. The molecule has 3 aromatic heterocycles. The number of nitriles is 1. The lowest BCUT2D eigenvalue weighted by Gasteiger charge is -2.16. The highest BCUT2D eigenvalue weighted by atomic mass is 19.1. The number of methoxy groups -OCH3 is 2. The fourth-order valence-electron chi connectivity index (χ4n) is 5.73. The van der Waals surface area contributed by atoms with Gasteiger partial charge in [-0.25, -0.2) is 14.4 Å². The van der Waals surface area contributed by atoms with Gasteiger partial charge in [-0.1, -0.05) is 12.0 Å². The molecule has 0 aliphatic heterocycles. The molecule has 0 amide bonds. The van der Waals surface area contributed by atoms with Gasteiger partial charge < -0.3 is 19.5 Å². The third-order valence-electron chi connectivity index (χ3n) is 8.19. The number of benzene rings is 3. The number of ether oxygens (including phenoxy) is 3. The van der Waals surface area contributed by atoms with Crippen LogP contribution in [0.3, 0.4) is 0 Å². The average molecular weight is 628 g/mol. The van der Waals surface area contributed by atoms with Gasteiger partial charge in [-0.15, -0.1) is 5.92 Å². The van der Waals surface area contributed by atoms with Gasteiger partial charge in [-0.3, -0.25) is 9.08 Å². The Kier molecular flexibility index (Phi) is 7.58. The number of fused-ring (bicyclic) bond motifs is 3. The van der Waals surface area contributed by atoms with Crippen LogP contribution in [0.2, 0.25) is 0 Å². The number of anilines is 1. The second kappa shape index (κ2) is 12.0. The summed E-state index contributed by atoms with van der Waals surface area (Å²) in [6.07, 6.45) is 6.96. The summed E-state index contributed by atoms with van der Waals surface area (Å²) in [7, 11) is 4.96. The van der Waals surface area contributed by atoms with Gasteiger partial charge in [0.1, 0.15) is 40.2 Å². The van der Waals surface area contributed by atoms with Crippen molar-refractivity contribution >= 4 is 22.4 Å². The Morgan fingerprint density at radius 2 is 1.89 bits per heavy atom. The lowest BCUT2D eigenvalue weighted by molar-refractivity contribution is 0.302. The molecule has 3 heterocycles. The standard InChI is InChI=1S/C36H30FN7O3/c1-5-6-22-14-32(47-24-10-11-24)26(16-38)33(34(22)37)35-27(18-41-43(35)2)21-8-12-29-28(13-21)42-36(30-19-39-20-44(29)30)40-17-23-7-9-25(45-3)15-31(23)46-4/h7-9,12-15,18-20,24H,10-11,17H2,1-4H3,(H,40,42). The van der Waals surface area contributed by atoms with E-state index in [-0.39, 0.29) is 22.8 Å². The monoisotopic (exact) mass is 627 g/mol. The van der Waals surface area contributed by atoms with Crippen molar-refractivity contribution in [3.8, 4) is 57.5 Å². The topological polar surface area (TPSA) is 112 Å². The minimum Gasteiger partial charge on any atom is -0.497 e. The smallest absolute Gasteiger partial charge is 0.153 e. The van der Waals surface area contributed by atoms with Gasteiger partial charge in [0.25, 0.3) is 0 Å². The van der Waals surface area contributed by atoms with Crippen molar-refractivity contribution < 1.29 is 18.6 Å². The Balaban J connectivity index is 1.34. The SMILES string of the molecule is CC#Cc1cc(OC2CC2)c(C#N)c(-c2c(-c3ccc4c(c3)nc(NCc3ccc(OC)cc3OC)c3cncn34)cnn2C)c1F. The first-order valence-electron chi connectivity index (χ1n) is 15.0. The number of halogens is 1. The van der Waals surface area contributed by atoms with Crippen molar-refractivity contribution in [2.24, 2.45) is 7.05 Å². The normalized spacial score (nSPS) is 12.4. The fraction of sp³-hybridized carbons (Fsp3) is 0.222. The van der Waals surface area contributed by atoms with Gasteiger partial charge in [0.05, 0.1) is 66.9 Å². The number of hydrogen-bond donors (Lipinski definition) is 1. The van der Waals surface area contributed by atoms with Crippen LogP contribution in [0.15, 0.2) is 61.2 Å². The van der Waals surface area contributed by atoms with E-state index in [0.29, 0.717) is 46.4 Å². The minimum atomic E-state index is -0.594. The highest BCUT2D eigenvalue weighted by molar-refractivity contribution is 5.91. The third-order valence-corrected chi connectivity index (χ3v) is 8.19. The lowest BCUT2D eigenvalue weighted by atomic mass is 9.94. The Morgan fingerprint density at radius 1 is 1.04 bits per heavy atom. The molecule has 10 nitrogen and oxygen atoms in total. The molecule has 7 rings (SSSR count). The number of rotatable bonds is 9.